The number of nitrogens with zero attached hydrogens (tertiary/aromatic N) is 1. The van der Waals surface area contributed by atoms with Crippen molar-refractivity contribution in [3.05, 3.63) is 74.4 Å². The van der Waals surface area contributed by atoms with Gasteiger partial charge in [0.1, 0.15) is 11.5 Å². The molecule has 0 unspecified atom stereocenters. The Morgan fingerprint density at radius 1 is 1.04 bits per heavy atom. The number of hydrazone groups is 1. The Morgan fingerprint density at radius 2 is 1.85 bits per heavy atom. The largest absolute Gasteiger partial charge is 0.455 e. The van der Waals surface area contributed by atoms with E-state index in [9.17, 15) is 4.79 Å². The number of hydrogen-bond acceptors (Lipinski definition) is 3. The highest BCUT2D eigenvalue weighted by molar-refractivity contribution is 9.10. The number of benzene rings is 2. The maximum atomic E-state index is 11.9. The van der Waals surface area contributed by atoms with Crippen LogP contribution in [0.1, 0.15) is 16.9 Å². The summed E-state index contributed by atoms with van der Waals surface area (Å²) in [4.78, 5) is 11.9. The van der Waals surface area contributed by atoms with Gasteiger partial charge in [-0.3, -0.25) is 0 Å². The van der Waals surface area contributed by atoms with Crippen LogP contribution < -0.4 is 10.7 Å². The number of halogens is 2. The molecule has 2 N–H and O–H groups in total. The molecule has 0 aliphatic rings. The smallest absolute Gasteiger partial charge is 0.339 e. The van der Waals surface area contributed by atoms with Gasteiger partial charge >= 0.3 is 6.03 Å². The Labute approximate surface area is 174 Å². The van der Waals surface area contributed by atoms with Crippen molar-refractivity contribution in [1.29, 1.82) is 0 Å². The SMILES string of the molecule is Cc1ccc(-c2ccc(/C=N\NC(=O)Nc3ccc(Br)c(C)c3)o2)c(Br)c1. The van der Waals surface area contributed by atoms with Crippen LogP contribution in [0.2, 0.25) is 0 Å². The number of furan rings is 1. The molecule has 27 heavy (non-hydrogen) atoms. The van der Waals surface area contributed by atoms with E-state index in [4.69, 9.17) is 4.42 Å². The zero-order chi connectivity index (χ0) is 19.4. The van der Waals surface area contributed by atoms with Gasteiger partial charge in [-0.15, -0.1) is 0 Å². The maximum absolute atomic E-state index is 11.9. The molecule has 138 valence electrons. The van der Waals surface area contributed by atoms with Crippen molar-refractivity contribution in [2.24, 2.45) is 5.10 Å². The molecule has 0 fully saturated rings. The summed E-state index contributed by atoms with van der Waals surface area (Å²) in [7, 11) is 0. The molecule has 0 aliphatic carbocycles. The van der Waals surface area contributed by atoms with Gasteiger partial charge in [0.15, 0.2) is 0 Å². The standard InChI is InChI=1S/C20H17Br2N3O2/c1-12-3-6-16(18(22)9-12)19-8-5-15(27-19)11-23-25-20(26)24-14-4-7-17(21)13(2)10-14/h3-11H,1-2H3,(H2,24,25,26)/b23-11-. The molecule has 0 saturated heterocycles. The Balaban J connectivity index is 1.60. The van der Waals surface area contributed by atoms with Crippen molar-refractivity contribution in [3.8, 4) is 11.3 Å². The molecular weight excluding hydrogens is 474 g/mol. The molecule has 2 amide bonds. The van der Waals surface area contributed by atoms with Crippen molar-refractivity contribution in [1.82, 2.24) is 5.43 Å². The molecule has 0 saturated carbocycles. The summed E-state index contributed by atoms with van der Waals surface area (Å²) < 4.78 is 7.71. The van der Waals surface area contributed by atoms with E-state index in [2.05, 4.69) is 47.7 Å². The van der Waals surface area contributed by atoms with Crippen LogP contribution in [0.4, 0.5) is 10.5 Å². The lowest BCUT2D eigenvalue weighted by atomic mass is 10.1. The van der Waals surface area contributed by atoms with E-state index in [0.717, 1.165) is 31.4 Å². The van der Waals surface area contributed by atoms with Crippen molar-refractivity contribution >= 4 is 49.8 Å². The Hall–Kier alpha value is -2.38. The number of rotatable bonds is 4. The van der Waals surface area contributed by atoms with Gasteiger partial charge in [0, 0.05) is 20.2 Å². The molecular formula is C20H17Br2N3O2. The first-order valence-corrected chi connectivity index (χ1v) is 9.73. The fourth-order valence-corrected chi connectivity index (χ4v) is 3.36. The van der Waals surface area contributed by atoms with Crippen LogP contribution in [-0.2, 0) is 0 Å². The summed E-state index contributed by atoms with van der Waals surface area (Å²) in [6.45, 7) is 3.98. The van der Waals surface area contributed by atoms with Gasteiger partial charge in [-0.1, -0.05) is 37.9 Å². The number of urea groups is 1. The zero-order valence-electron chi connectivity index (χ0n) is 14.7. The summed E-state index contributed by atoms with van der Waals surface area (Å²) in [5.74, 6) is 1.26. The molecule has 3 rings (SSSR count). The van der Waals surface area contributed by atoms with E-state index in [1.54, 1.807) is 12.1 Å². The number of anilines is 1. The number of carbonyl (C=O) groups excluding carboxylic acids is 1. The number of amides is 2. The quantitative estimate of drug-likeness (QED) is 0.335. The molecule has 0 atom stereocenters. The van der Waals surface area contributed by atoms with E-state index in [0.29, 0.717) is 11.4 Å². The van der Waals surface area contributed by atoms with Gasteiger partial charge in [0.2, 0.25) is 0 Å². The second kappa shape index (κ2) is 8.54. The number of nitrogens with one attached hydrogen (secondary N) is 2. The van der Waals surface area contributed by atoms with Crippen molar-refractivity contribution in [2.45, 2.75) is 13.8 Å². The fraction of sp³-hybridized carbons (Fsp3) is 0.100. The second-order valence-corrected chi connectivity index (χ2v) is 7.68. The molecule has 7 heteroatoms. The summed E-state index contributed by atoms with van der Waals surface area (Å²) in [6.07, 6.45) is 1.46. The fourth-order valence-electron chi connectivity index (χ4n) is 2.42. The highest BCUT2D eigenvalue weighted by atomic mass is 79.9. The Bertz CT molecular complexity index is 1010. The van der Waals surface area contributed by atoms with Gasteiger partial charge < -0.3 is 9.73 Å². The molecule has 1 heterocycles. The van der Waals surface area contributed by atoms with Gasteiger partial charge in [-0.05, 0) is 67.4 Å². The Morgan fingerprint density at radius 3 is 2.59 bits per heavy atom. The third-order valence-corrected chi connectivity index (χ3v) is 5.34. The molecule has 0 aliphatic heterocycles. The lowest BCUT2D eigenvalue weighted by Crippen LogP contribution is -2.24. The summed E-state index contributed by atoms with van der Waals surface area (Å²) in [5, 5.41) is 6.64. The van der Waals surface area contributed by atoms with Crippen LogP contribution in [-0.4, -0.2) is 12.2 Å². The van der Waals surface area contributed by atoms with E-state index in [1.165, 1.54) is 6.21 Å². The highest BCUT2D eigenvalue weighted by Gasteiger charge is 2.08. The average molecular weight is 491 g/mol. The van der Waals surface area contributed by atoms with E-state index in [-0.39, 0.29) is 0 Å². The number of hydrogen-bond donors (Lipinski definition) is 2. The third kappa shape index (κ3) is 5.08. The molecule has 0 radical (unpaired) electrons. The van der Waals surface area contributed by atoms with Crippen LogP contribution in [0, 0.1) is 13.8 Å². The highest BCUT2D eigenvalue weighted by Crippen LogP contribution is 2.30. The van der Waals surface area contributed by atoms with Crippen molar-refractivity contribution in [2.75, 3.05) is 5.32 Å². The van der Waals surface area contributed by atoms with E-state index >= 15 is 0 Å². The molecule has 3 aromatic rings. The van der Waals surface area contributed by atoms with Gasteiger partial charge in [-0.2, -0.15) is 5.10 Å². The average Bonchev–Trinajstić information content (AvgIpc) is 3.07. The summed E-state index contributed by atoms with van der Waals surface area (Å²) in [6, 6.07) is 14.8. The van der Waals surface area contributed by atoms with Gasteiger partial charge in [0.05, 0.1) is 6.21 Å². The first kappa shape index (κ1) is 19.4. The second-order valence-electron chi connectivity index (χ2n) is 5.97. The lowest BCUT2D eigenvalue weighted by molar-refractivity contribution is 0.252. The van der Waals surface area contributed by atoms with Gasteiger partial charge in [-0.25, -0.2) is 10.2 Å². The zero-order valence-corrected chi connectivity index (χ0v) is 17.9. The van der Waals surface area contributed by atoms with Crippen LogP contribution in [0.25, 0.3) is 11.3 Å². The monoisotopic (exact) mass is 489 g/mol. The van der Waals surface area contributed by atoms with Crippen molar-refractivity contribution in [3.63, 3.8) is 0 Å². The van der Waals surface area contributed by atoms with E-state index < -0.39 is 6.03 Å². The predicted octanol–water partition coefficient (Wildman–Crippen LogP) is 6.24. The maximum Gasteiger partial charge on any atom is 0.339 e. The number of aryl methyl sites for hydroxylation is 2. The summed E-state index contributed by atoms with van der Waals surface area (Å²) >= 11 is 6.97. The van der Waals surface area contributed by atoms with Crippen LogP contribution in [0.5, 0.6) is 0 Å². The van der Waals surface area contributed by atoms with Gasteiger partial charge in [0.25, 0.3) is 0 Å². The molecule has 1 aromatic heterocycles. The third-order valence-electron chi connectivity index (χ3n) is 3.79. The van der Waals surface area contributed by atoms with Crippen LogP contribution in [0.3, 0.4) is 0 Å². The predicted molar refractivity (Wildman–Crippen MR) is 115 cm³/mol. The first-order valence-electron chi connectivity index (χ1n) is 8.15. The Kier molecular flexibility index (Phi) is 6.13. The lowest BCUT2D eigenvalue weighted by Gasteiger charge is -2.06. The van der Waals surface area contributed by atoms with Crippen LogP contribution in [0.15, 0.2) is 67.0 Å². The minimum Gasteiger partial charge on any atom is -0.455 e. The molecule has 5 nitrogen and oxygen atoms in total. The van der Waals surface area contributed by atoms with Crippen molar-refractivity contribution < 1.29 is 9.21 Å². The van der Waals surface area contributed by atoms with E-state index in [1.807, 2.05) is 50.2 Å². The minimum atomic E-state index is -0.430. The molecule has 0 bridgehead atoms. The minimum absolute atomic E-state index is 0.430. The topological polar surface area (TPSA) is 66.6 Å². The molecule has 2 aromatic carbocycles. The number of carbonyl (C=O) groups is 1. The van der Waals surface area contributed by atoms with Crippen LogP contribution >= 0.6 is 31.9 Å². The normalized spacial score (nSPS) is 11.0. The first-order chi connectivity index (χ1) is 12.9. The summed E-state index contributed by atoms with van der Waals surface area (Å²) in [5.41, 5.74) is 6.25. The molecule has 0 spiro atoms.